The Labute approximate surface area is 174 Å². The zero-order valence-corrected chi connectivity index (χ0v) is 18.0. The van der Waals surface area contributed by atoms with Crippen LogP contribution in [0.4, 0.5) is 4.79 Å². The van der Waals surface area contributed by atoms with E-state index in [2.05, 4.69) is 22.9 Å². The molecule has 0 bridgehead atoms. The van der Waals surface area contributed by atoms with Gasteiger partial charge in [0.15, 0.2) is 5.75 Å². The third kappa shape index (κ3) is 5.55. The van der Waals surface area contributed by atoms with Gasteiger partial charge in [-0.05, 0) is 44.2 Å². The molecule has 1 amide bonds. The van der Waals surface area contributed by atoms with Crippen molar-refractivity contribution in [3.63, 3.8) is 0 Å². The van der Waals surface area contributed by atoms with Crippen LogP contribution in [0, 0.1) is 12.8 Å². The lowest BCUT2D eigenvalue weighted by atomic mass is 9.89. The molecule has 0 atom stereocenters. The molecule has 0 aliphatic heterocycles. The number of benzene rings is 1. The number of amides is 1. The molecule has 1 aliphatic rings. The molecule has 1 fully saturated rings. The van der Waals surface area contributed by atoms with E-state index < -0.39 is 0 Å². The van der Waals surface area contributed by atoms with E-state index in [4.69, 9.17) is 9.47 Å². The van der Waals surface area contributed by atoms with Gasteiger partial charge in [0.25, 0.3) is 0 Å². The number of hydrogen-bond donors (Lipinski definition) is 1. The van der Waals surface area contributed by atoms with Crippen LogP contribution in [0.5, 0.6) is 11.5 Å². The van der Waals surface area contributed by atoms with Crippen molar-refractivity contribution >= 4 is 6.09 Å². The summed E-state index contributed by atoms with van der Waals surface area (Å²) in [6.45, 7) is 5.74. The van der Waals surface area contributed by atoms with Crippen LogP contribution in [0.3, 0.4) is 0 Å². The molecule has 29 heavy (non-hydrogen) atoms. The van der Waals surface area contributed by atoms with Gasteiger partial charge in [0.2, 0.25) is 0 Å². The number of hydrogen-bond acceptors (Lipinski definition) is 3. The highest BCUT2D eigenvalue weighted by Crippen LogP contribution is 2.35. The molecule has 0 unspecified atom stereocenters. The third-order valence-electron chi connectivity index (χ3n) is 5.85. The second kappa shape index (κ2) is 10.4. The lowest BCUT2D eigenvalue weighted by Crippen LogP contribution is -2.27. The summed E-state index contributed by atoms with van der Waals surface area (Å²) in [5, 5.41) is 2.84. The average Bonchev–Trinajstić information content (AvgIpc) is 3.04. The maximum atomic E-state index is 12.2. The number of carbonyl (C=O) groups is 1. The number of methoxy groups -OCH3 is 1. The standard InChI is InChI=1S/C24H34N2O3/c1-4-5-14-25-24(27)29-23-16-22(20-12-9-13-21(15-20)28-3)26(18(23)2)17-19-10-7-6-8-11-19/h9,12-13,15-16,19H,4-8,10-11,14,17H2,1-3H3,(H,25,27). The van der Waals surface area contributed by atoms with Gasteiger partial charge in [0.05, 0.1) is 18.5 Å². The Morgan fingerprint density at radius 1 is 1.21 bits per heavy atom. The Kier molecular flexibility index (Phi) is 7.62. The van der Waals surface area contributed by atoms with Gasteiger partial charge >= 0.3 is 6.09 Å². The van der Waals surface area contributed by atoms with E-state index in [0.29, 0.717) is 18.2 Å². The van der Waals surface area contributed by atoms with Crippen LogP contribution in [0.25, 0.3) is 11.3 Å². The van der Waals surface area contributed by atoms with E-state index in [9.17, 15) is 4.79 Å². The summed E-state index contributed by atoms with van der Waals surface area (Å²) in [6.07, 6.45) is 8.10. The Morgan fingerprint density at radius 2 is 2.00 bits per heavy atom. The minimum atomic E-state index is -0.381. The molecule has 0 spiro atoms. The molecule has 1 N–H and O–H groups in total. The number of ether oxygens (including phenoxy) is 2. The van der Waals surface area contributed by atoms with Crippen LogP contribution in [-0.4, -0.2) is 24.3 Å². The van der Waals surface area contributed by atoms with Crippen LogP contribution in [0.2, 0.25) is 0 Å². The third-order valence-corrected chi connectivity index (χ3v) is 5.85. The van der Waals surface area contributed by atoms with Crippen molar-refractivity contribution in [2.45, 2.75) is 65.3 Å². The monoisotopic (exact) mass is 398 g/mol. The van der Waals surface area contributed by atoms with Crippen molar-refractivity contribution in [1.29, 1.82) is 0 Å². The van der Waals surface area contributed by atoms with E-state index in [-0.39, 0.29) is 6.09 Å². The minimum absolute atomic E-state index is 0.381. The molecule has 5 nitrogen and oxygen atoms in total. The first-order chi connectivity index (χ1) is 14.1. The Morgan fingerprint density at radius 3 is 2.72 bits per heavy atom. The second-order valence-corrected chi connectivity index (χ2v) is 8.00. The molecule has 1 aliphatic carbocycles. The predicted molar refractivity (Wildman–Crippen MR) is 117 cm³/mol. The van der Waals surface area contributed by atoms with E-state index >= 15 is 0 Å². The van der Waals surface area contributed by atoms with E-state index in [0.717, 1.165) is 42.1 Å². The summed E-state index contributed by atoms with van der Waals surface area (Å²) < 4.78 is 13.4. The summed E-state index contributed by atoms with van der Waals surface area (Å²) in [5.74, 6) is 2.13. The van der Waals surface area contributed by atoms with E-state index in [1.807, 2.05) is 31.2 Å². The smallest absolute Gasteiger partial charge is 0.412 e. The number of aromatic nitrogens is 1. The molecule has 1 aromatic heterocycles. The van der Waals surface area contributed by atoms with Crippen LogP contribution in [-0.2, 0) is 6.54 Å². The first-order valence-electron chi connectivity index (χ1n) is 10.9. The van der Waals surface area contributed by atoms with Gasteiger partial charge in [0, 0.05) is 24.7 Å². The Bertz CT molecular complexity index is 806. The van der Waals surface area contributed by atoms with Crippen LogP contribution in [0.15, 0.2) is 30.3 Å². The molecular weight excluding hydrogens is 364 g/mol. The Hall–Kier alpha value is -2.43. The topological polar surface area (TPSA) is 52.5 Å². The first kappa shape index (κ1) is 21.3. The fourth-order valence-corrected chi connectivity index (χ4v) is 4.11. The zero-order chi connectivity index (χ0) is 20.6. The molecule has 1 saturated carbocycles. The normalized spacial score (nSPS) is 14.6. The first-order valence-corrected chi connectivity index (χ1v) is 10.9. The molecule has 1 heterocycles. The summed E-state index contributed by atoms with van der Waals surface area (Å²) in [5.41, 5.74) is 3.15. The van der Waals surface area contributed by atoms with Crippen molar-refractivity contribution in [3.8, 4) is 22.8 Å². The highest BCUT2D eigenvalue weighted by atomic mass is 16.6. The molecule has 3 rings (SSSR count). The van der Waals surface area contributed by atoms with Crippen LogP contribution < -0.4 is 14.8 Å². The number of rotatable bonds is 8. The number of nitrogens with zero attached hydrogens (tertiary/aromatic N) is 1. The van der Waals surface area contributed by atoms with Crippen molar-refractivity contribution < 1.29 is 14.3 Å². The largest absolute Gasteiger partial charge is 0.497 e. The van der Waals surface area contributed by atoms with Crippen molar-refractivity contribution in [2.24, 2.45) is 5.92 Å². The number of nitrogens with one attached hydrogen (secondary N) is 1. The molecule has 2 aromatic rings. The van der Waals surface area contributed by atoms with Gasteiger partial charge in [-0.3, -0.25) is 0 Å². The maximum absolute atomic E-state index is 12.2. The van der Waals surface area contributed by atoms with Gasteiger partial charge in [-0.15, -0.1) is 0 Å². The van der Waals surface area contributed by atoms with Gasteiger partial charge in [-0.1, -0.05) is 44.7 Å². The van der Waals surface area contributed by atoms with Gasteiger partial charge < -0.3 is 19.4 Å². The Balaban J connectivity index is 1.88. The number of carbonyl (C=O) groups excluding carboxylic acids is 1. The molecular formula is C24H34N2O3. The fourth-order valence-electron chi connectivity index (χ4n) is 4.11. The zero-order valence-electron chi connectivity index (χ0n) is 18.0. The molecule has 0 radical (unpaired) electrons. The molecule has 5 heteroatoms. The SMILES string of the molecule is CCCCNC(=O)Oc1cc(-c2cccc(OC)c2)n(CC2CCCCC2)c1C. The van der Waals surface area contributed by atoms with Crippen molar-refractivity contribution in [1.82, 2.24) is 9.88 Å². The highest BCUT2D eigenvalue weighted by Gasteiger charge is 2.21. The predicted octanol–water partition coefficient (Wildman–Crippen LogP) is 5.94. The quantitative estimate of drug-likeness (QED) is 0.560. The fraction of sp³-hybridized carbons (Fsp3) is 0.542. The maximum Gasteiger partial charge on any atom is 0.412 e. The van der Waals surface area contributed by atoms with Crippen LogP contribution >= 0.6 is 0 Å². The van der Waals surface area contributed by atoms with E-state index in [1.54, 1.807) is 7.11 Å². The highest BCUT2D eigenvalue weighted by molar-refractivity contribution is 5.73. The molecule has 1 aromatic carbocycles. The summed E-state index contributed by atoms with van der Waals surface area (Å²) >= 11 is 0. The van der Waals surface area contributed by atoms with Gasteiger partial charge in [-0.25, -0.2) is 4.79 Å². The summed E-state index contributed by atoms with van der Waals surface area (Å²) in [7, 11) is 1.68. The molecule has 0 saturated heterocycles. The molecule has 158 valence electrons. The van der Waals surface area contributed by atoms with Crippen LogP contribution in [0.1, 0.15) is 57.6 Å². The lowest BCUT2D eigenvalue weighted by Gasteiger charge is -2.24. The lowest BCUT2D eigenvalue weighted by molar-refractivity contribution is 0.200. The van der Waals surface area contributed by atoms with Gasteiger partial charge in [-0.2, -0.15) is 0 Å². The minimum Gasteiger partial charge on any atom is -0.497 e. The van der Waals surface area contributed by atoms with Crippen molar-refractivity contribution in [3.05, 3.63) is 36.0 Å². The number of unbranched alkanes of at least 4 members (excludes halogenated alkanes) is 1. The summed E-state index contributed by atoms with van der Waals surface area (Å²) in [6, 6.07) is 10.1. The summed E-state index contributed by atoms with van der Waals surface area (Å²) in [4.78, 5) is 12.2. The van der Waals surface area contributed by atoms with Crippen molar-refractivity contribution in [2.75, 3.05) is 13.7 Å². The second-order valence-electron chi connectivity index (χ2n) is 8.00. The van der Waals surface area contributed by atoms with Gasteiger partial charge in [0.1, 0.15) is 5.75 Å². The average molecular weight is 399 g/mol. The van der Waals surface area contributed by atoms with E-state index in [1.165, 1.54) is 32.1 Å².